The van der Waals surface area contributed by atoms with Gasteiger partial charge in [0.2, 0.25) is 0 Å². The van der Waals surface area contributed by atoms with Gasteiger partial charge in [-0.15, -0.1) is 10.2 Å². The fourth-order valence-corrected chi connectivity index (χ4v) is 1.07. The molecular formula is C10H13N3O4. The fourth-order valence-electron chi connectivity index (χ4n) is 1.07. The van der Waals surface area contributed by atoms with E-state index in [2.05, 4.69) is 15.2 Å². The highest BCUT2D eigenvalue weighted by atomic mass is 16.5. The number of carbonyl (C=O) groups is 2. The van der Waals surface area contributed by atoms with Crippen LogP contribution in [0.5, 0.6) is 0 Å². The van der Waals surface area contributed by atoms with Crippen LogP contribution in [0.4, 0.5) is 0 Å². The third-order valence-corrected chi connectivity index (χ3v) is 1.79. The van der Waals surface area contributed by atoms with Gasteiger partial charge in [-0.05, 0) is 20.8 Å². The number of carbonyl (C=O) groups excluding carboxylic acids is 2. The lowest BCUT2D eigenvalue weighted by molar-refractivity contribution is 0.0490. The largest absolute Gasteiger partial charge is 0.461 e. The Labute approximate surface area is 98.2 Å². The van der Waals surface area contributed by atoms with Gasteiger partial charge < -0.3 is 9.47 Å². The van der Waals surface area contributed by atoms with Crippen LogP contribution in [0.2, 0.25) is 0 Å². The Hall–Kier alpha value is -2.05. The minimum absolute atomic E-state index is 0.0000940. The van der Waals surface area contributed by atoms with E-state index < -0.39 is 11.9 Å². The zero-order valence-electron chi connectivity index (χ0n) is 9.89. The molecule has 0 atom stereocenters. The molecule has 1 rings (SSSR count). The van der Waals surface area contributed by atoms with E-state index in [9.17, 15) is 9.59 Å². The molecule has 7 heteroatoms. The summed E-state index contributed by atoms with van der Waals surface area (Å²) in [5.74, 6) is -1.45. The first-order valence-corrected chi connectivity index (χ1v) is 5.15. The van der Waals surface area contributed by atoms with Crippen molar-refractivity contribution in [1.29, 1.82) is 0 Å². The molecule has 0 spiro atoms. The van der Waals surface area contributed by atoms with Gasteiger partial charge in [-0.3, -0.25) is 0 Å². The van der Waals surface area contributed by atoms with Crippen LogP contribution in [0.15, 0.2) is 0 Å². The molecule has 0 saturated heterocycles. The summed E-state index contributed by atoms with van der Waals surface area (Å²) in [6.45, 7) is 5.36. The molecule has 92 valence electrons. The number of nitrogens with zero attached hydrogens (tertiary/aromatic N) is 3. The van der Waals surface area contributed by atoms with Gasteiger partial charge in [0, 0.05) is 0 Å². The van der Waals surface area contributed by atoms with Crippen molar-refractivity contribution in [2.24, 2.45) is 0 Å². The van der Waals surface area contributed by atoms with Gasteiger partial charge in [-0.1, -0.05) is 0 Å². The average molecular weight is 239 g/mol. The zero-order valence-corrected chi connectivity index (χ0v) is 9.89. The third kappa shape index (κ3) is 3.20. The lowest BCUT2D eigenvalue weighted by Gasteiger charge is -2.04. The fraction of sp³-hybridized carbons (Fsp3) is 0.500. The van der Waals surface area contributed by atoms with Crippen molar-refractivity contribution in [2.75, 3.05) is 13.2 Å². The van der Waals surface area contributed by atoms with Crippen molar-refractivity contribution in [3.05, 3.63) is 17.2 Å². The molecule has 0 unspecified atom stereocenters. The summed E-state index contributed by atoms with van der Waals surface area (Å²) in [5.41, 5.74) is 0.279. The van der Waals surface area contributed by atoms with Crippen LogP contribution in [0.3, 0.4) is 0 Å². The van der Waals surface area contributed by atoms with Crippen LogP contribution in [0, 0.1) is 6.92 Å². The molecule has 0 fully saturated rings. The Balaban J connectivity index is 2.93. The second kappa shape index (κ2) is 5.88. The van der Waals surface area contributed by atoms with Gasteiger partial charge in [-0.2, -0.15) is 0 Å². The van der Waals surface area contributed by atoms with Gasteiger partial charge >= 0.3 is 11.9 Å². The van der Waals surface area contributed by atoms with E-state index >= 15 is 0 Å². The van der Waals surface area contributed by atoms with E-state index in [0.717, 1.165) is 0 Å². The number of hydrogen-bond acceptors (Lipinski definition) is 7. The third-order valence-electron chi connectivity index (χ3n) is 1.79. The topological polar surface area (TPSA) is 91.3 Å². The summed E-state index contributed by atoms with van der Waals surface area (Å²) in [6.07, 6.45) is 0. The molecule has 1 aromatic heterocycles. The number of esters is 2. The Morgan fingerprint density at radius 2 is 1.65 bits per heavy atom. The van der Waals surface area contributed by atoms with Gasteiger partial charge in [0.1, 0.15) is 0 Å². The van der Waals surface area contributed by atoms with E-state index in [4.69, 9.17) is 9.47 Å². The van der Waals surface area contributed by atoms with Crippen molar-refractivity contribution >= 4 is 11.9 Å². The molecule has 0 aliphatic rings. The molecule has 0 saturated carbocycles. The quantitative estimate of drug-likeness (QED) is 0.708. The Kier molecular flexibility index (Phi) is 4.50. The van der Waals surface area contributed by atoms with Crippen molar-refractivity contribution < 1.29 is 19.1 Å². The second-order valence-corrected chi connectivity index (χ2v) is 3.01. The molecule has 0 radical (unpaired) electrons. The van der Waals surface area contributed by atoms with Crippen molar-refractivity contribution in [3.63, 3.8) is 0 Å². The van der Waals surface area contributed by atoms with Gasteiger partial charge in [0.15, 0.2) is 5.69 Å². The molecule has 0 amide bonds. The van der Waals surface area contributed by atoms with E-state index in [1.54, 1.807) is 20.8 Å². The summed E-state index contributed by atoms with van der Waals surface area (Å²) >= 11 is 0. The first-order chi connectivity index (χ1) is 8.10. The Morgan fingerprint density at radius 3 is 2.18 bits per heavy atom. The van der Waals surface area contributed by atoms with E-state index in [-0.39, 0.29) is 30.4 Å². The molecular weight excluding hydrogens is 226 g/mol. The molecule has 17 heavy (non-hydrogen) atoms. The van der Waals surface area contributed by atoms with E-state index in [0.29, 0.717) is 0 Å². The summed E-state index contributed by atoms with van der Waals surface area (Å²) in [6, 6.07) is 0. The summed E-state index contributed by atoms with van der Waals surface area (Å²) in [5, 5.41) is 7.14. The smallest absolute Gasteiger partial charge is 0.378 e. The van der Waals surface area contributed by atoms with Gasteiger partial charge in [0.25, 0.3) is 5.82 Å². The molecule has 1 aromatic rings. The monoisotopic (exact) mass is 239 g/mol. The van der Waals surface area contributed by atoms with Crippen LogP contribution in [0.25, 0.3) is 0 Å². The first kappa shape index (κ1) is 13.0. The van der Waals surface area contributed by atoms with Crippen molar-refractivity contribution in [1.82, 2.24) is 15.2 Å². The highest BCUT2D eigenvalue weighted by Gasteiger charge is 2.18. The Bertz CT molecular complexity index is 434. The van der Waals surface area contributed by atoms with Crippen LogP contribution < -0.4 is 0 Å². The summed E-state index contributed by atoms with van der Waals surface area (Å²) < 4.78 is 9.47. The minimum atomic E-state index is -0.668. The Morgan fingerprint density at radius 1 is 1.06 bits per heavy atom. The normalized spacial score (nSPS) is 9.82. The SMILES string of the molecule is CCOC(=O)c1nnc(C(=O)OCC)c(C)n1. The van der Waals surface area contributed by atoms with Crippen LogP contribution in [-0.2, 0) is 9.47 Å². The van der Waals surface area contributed by atoms with Crippen LogP contribution >= 0.6 is 0 Å². The lowest BCUT2D eigenvalue weighted by Crippen LogP contribution is -2.17. The number of rotatable bonds is 4. The number of ether oxygens (including phenoxy) is 2. The molecule has 0 aromatic carbocycles. The van der Waals surface area contributed by atoms with Crippen molar-refractivity contribution in [3.8, 4) is 0 Å². The standard InChI is InChI=1S/C10H13N3O4/c1-4-16-9(14)7-6(3)11-8(13-12-7)10(15)17-5-2/h4-5H2,1-3H3. The minimum Gasteiger partial charge on any atom is -0.461 e. The summed E-state index contributed by atoms with van der Waals surface area (Å²) in [7, 11) is 0. The zero-order chi connectivity index (χ0) is 12.8. The van der Waals surface area contributed by atoms with E-state index in [1.807, 2.05) is 0 Å². The van der Waals surface area contributed by atoms with Crippen LogP contribution in [-0.4, -0.2) is 40.3 Å². The predicted octanol–water partition coefficient (Wildman–Crippen LogP) is 0.533. The van der Waals surface area contributed by atoms with Gasteiger partial charge in [0.05, 0.1) is 18.9 Å². The molecule has 7 nitrogen and oxygen atoms in total. The van der Waals surface area contributed by atoms with Crippen LogP contribution in [0.1, 0.15) is 40.6 Å². The first-order valence-electron chi connectivity index (χ1n) is 5.15. The maximum Gasteiger partial charge on any atom is 0.378 e. The molecule has 0 N–H and O–H groups in total. The number of hydrogen-bond donors (Lipinski definition) is 0. The van der Waals surface area contributed by atoms with Crippen molar-refractivity contribution in [2.45, 2.75) is 20.8 Å². The highest BCUT2D eigenvalue weighted by molar-refractivity contribution is 5.89. The average Bonchev–Trinajstić information content (AvgIpc) is 2.29. The highest BCUT2D eigenvalue weighted by Crippen LogP contribution is 2.03. The number of aromatic nitrogens is 3. The van der Waals surface area contributed by atoms with E-state index in [1.165, 1.54) is 0 Å². The second-order valence-electron chi connectivity index (χ2n) is 3.01. The number of aryl methyl sites for hydroxylation is 1. The summed E-state index contributed by atoms with van der Waals surface area (Å²) in [4.78, 5) is 26.5. The van der Waals surface area contributed by atoms with Gasteiger partial charge in [-0.25, -0.2) is 14.6 Å². The maximum absolute atomic E-state index is 11.4. The maximum atomic E-state index is 11.4. The lowest BCUT2D eigenvalue weighted by atomic mass is 10.3. The predicted molar refractivity (Wildman–Crippen MR) is 56.5 cm³/mol. The molecule has 0 aliphatic carbocycles. The molecule has 1 heterocycles. The molecule has 0 bridgehead atoms. The molecule has 0 aliphatic heterocycles.